The number of rotatable bonds is 5. The Bertz CT molecular complexity index is 545. The third-order valence-corrected chi connectivity index (χ3v) is 5.00. The molecule has 1 saturated heterocycles. The van der Waals surface area contributed by atoms with E-state index in [1.807, 2.05) is 17.0 Å². The maximum absolute atomic E-state index is 12.4. The fourth-order valence-corrected chi connectivity index (χ4v) is 3.66. The van der Waals surface area contributed by atoms with Crippen LogP contribution in [0.5, 0.6) is 0 Å². The first-order chi connectivity index (χ1) is 10.7. The number of carbonyl (C=O) groups is 1. The van der Waals surface area contributed by atoms with Crippen molar-refractivity contribution < 1.29 is 4.79 Å². The summed E-state index contributed by atoms with van der Waals surface area (Å²) in [7, 11) is 0. The van der Waals surface area contributed by atoms with Crippen LogP contribution in [0.25, 0.3) is 0 Å². The van der Waals surface area contributed by atoms with Gasteiger partial charge in [-0.15, -0.1) is 6.58 Å². The van der Waals surface area contributed by atoms with E-state index in [4.69, 9.17) is 0 Å². The van der Waals surface area contributed by atoms with E-state index >= 15 is 0 Å². The van der Waals surface area contributed by atoms with Crippen LogP contribution in [0, 0.1) is 6.92 Å². The summed E-state index contributed by atoms with van der Waals surface area (Å²) in [6.07, 6.45) is 8.72. The minimum atomic E-state index is 0.300. The van der Waals surface area contributed by atoms with Gasteiger partial charge in [-0.1, -0.05) is 18.9 Å². The molecule has 0 aromatic carbocycles. The molecule has 1 aromatic rings. The lowest BCUT2D eigenvalue weighted by molar-refractivity contribution is -0.138. The maximum atomic E-state index is 12.4. The topological polar surface area (TPSA) is 41.4 Å². The Morgan fingerprint density at radius 2 is 2.14 bits per heavy atom. The van der Waals surface area contributed by atoms with Gasteiger partial charge in [0.25, 0.3) is 0 Å². The second-order valence-electron chi connectivity index (χ2n) is 6.46. The molecule has 0 bridgehead atoms. The summed E-state index contributed by atoms with van der Waals surface area (Å²) in [4.78, 5) is 16.8. The summed E-state index contributed by atoms with van der Waals surface area (Å²) in [6, 6.07) is 0.506. The molecule has 5 heteroatoms. The monoisotopic (exact) mass is 302 g/mol. The van der Waals surface area contributed by atoms with Crippen molar-refractivity contribution in [1.29, 1.82) is 0 Å². The number of hydrogen-bond acceptors (Lipinski definition) is 3. The zero-order valence-electron chi connectivity index (χ0n) is 13.5. The molecule has 0 N–H and O–H groups in total. The zero-order valence-corrected chi connectivity index (χ0v) is 13.5. The molecule has 5 nitrogen and oxygen atoms in total. The van der Waals surface area contributed by atoms with Gasteiger partial charge in [0.2, 0.25) is 5.91 Å². The standard InChI is InChI=1S/C17H26N4O/c1-3-8-21-14(2)15(11-18-21)12-19-9-10-20(17(22)13-19)16-6-4-5-7-16/h3,11,16H,1,4-10,12-13H2,2H3. The third kappa shape index (κ3) is 3.09. The molecule has 0 radical (unpaired) electrons. The first-order valence-corrected chi connectivity index (χ1v) is 8.33. The first kappa shape index (κ1) is 15.3. The lowest BCUT2D eigenvalue weighted by Crippen LogP contribution is -2.53. The van der Waals surface area contributed by atoms with Gasteiger partial charge >= 0.3 is 0 Å². The molecule has 1 aliphatic carbocycles. The highest BCUT2D eigenvalue weighted by Gasteiger charge is 2.31. The fraction of sp³-hybridized carbons (Fsp3) is 0.647. The van der Waals surface area contributed by atoms with Crippen LogP contribution in [0.3, 0.4) is 0 Å². The van der Waals surface area contributed by atoms with Crippen LogP contribution in [-0.2, 0) is 17.9 Å². The van der Waals surface area contributed by atoms with Gasteiger partial charge in [-0.2, -0.15) is 5.10 Å². The second kappa shape index (κ2) is 6.65. The maximum Gasteiger partial charge on any atom is 0.237 e. The third-order valence-electron chi connectivity index (χ3n) is 5.00. The average molecular weight is 302 g/mol. The van der Waals surface area contributed by atoms with Gasteiger partial charge in [0.15, 0.2) is 0 Å². The Hall–Kier alpha value is -1.62. The molecular weight excluding hydrogens is 276 g/mol. The number of aromatic nitrogens is 2. The van der Waals surface area contributed by atoms with E-state index in [9.17, 15) is 4.79 Å². The number of piperazine rings is 1. The lowest BCUT2D eigenvalue weighted by Gasteiger charge is -2.37. The molecule has 3 rings (SSSR count). The van der Waals surface area contributed by atoms with Gasteiger partial charge in [0.1, 0.15) is 0 Å². The quantitative estimate of drug-likeness (QED) is 0.781. The number of carbonyl (C=O) groups excluding carboxylic acids is 1. The van der Waals surface area contributed by atoms with Crippen molar-refractivity contribution in [2.24, 2.45) is 0 Å². The summed E-state index contributed by atoms with van der Waals surface area (Å²) in [6.45, 7) is 9.78. The largest absolute Gasteiger partial charge is 0.337 e. The molecule has 0 atom stereocenters. The van der Waals surface area contributed by atoms with Crippen LogP contribution in [0.4, 0.5) is 0 Å². The SMILES string of the molecule is C=CCn1ncc(CN2CCN(C3CCCC3)C(=O)C2)c1C. The summed E-state index contributed by atoms with van der Waals surface area (Å²) in [5.41, 5.74) is 2.38. The molecule has 1 saturated carbocycles. The van der Waals surface area contributed by atoms with E-state index in [0.717, 1.165) is 26.2 Å². The van der Waals surface area contributed by atoms with Crippen LogP contribution in [0.2, 0.25) is 0 Å². The summed E-state index contributed by atoms with van der Waals surface area (Å²) in [5, 5.41) is 4.39. The van der Waals surface area contributed by atoms with E-state index in [2.05, 4.69) is 28.4 Å². The summed E-state index contributed by atoms with van der Waals surface area (Å²) in [5.74, 6) is 0.300. The highest BCUT2D eigenvalue weighted by atomic mass is 16.2. The number of hydrogen-bond donors (Lipinski definition) is 0. The molecule has 2 heterocycles. The van der Waals surface area contributed by atoms with Crippen LogP contribution in [0.1, 0.15) is 36.9 Å². The molecule has 22 heavy (non-hydrogen) atoms. The fourth-order valence-electron chi connectivity index (χ4n) is 3.66. The number of allylic oxidation sites excluding steroid dienone is 1. The smallest absolute Gasteiger partial charge is 0.237 e. The van der Waals surface area contributed by atoms with E-state index in [0.29, 0.717) is 18.5 Å². The lowest BCUT2D eigenvalue weighted by atomic mass is 10.1. The van der Waals surface area contributed by atoms with E-state index < -0.39 is 0 Å². The van der Waals surface area contributed by atoms with Crippen molar-refractivity contribution >= 4 is 5.91 Å². The molecule has 1 aromatic heterocycles. The summed E-state index contributed by atoms with van der Waals surface area (Å²) < 4.78 is 1.96. The summed E-state index contributed by atoms with van der Waals surface area (Å²) >= 11 is 0. The molecule has 2 fully saturated rings. The molecule has 0 spiro atoms. The van der Waals surface area contributed by atoms with Gasteiger partial charge in [-0.05, 0) is 19.8 Å². The molecule has 1 aliphatic heterocycles. The van der Waals surface area contributed by atoms with Gasteiger partial charge < -0.3 is 4.90 Å². The highest BCUT2D eigenvalue weighted by Crippen LogP contribution is 2.25. The Labute approximate surface area is 132 Å². The molecule has 1 amide bonds. The van der Waals surface area contributed by atoms with Crippen molar-refractivity contribution in [1.82, 2.24) is 19.6 Å². The molecule has 120 valence electrons. The van der Waals surface area contributed by atoms with Crippen molar-refractivity contribution in [2.75, 3.05) is 19.6 Å². The predicted molar refractivity (Wildman–Crippen MR) is 86.4 cm³/mol. The van der Waals surface area contributed by atoms with Gasteiger partial charge in [0, 0.05) is 36.9 Å². The van der Waals surface area contributed by atoms with E-state index in [1.165, 1.54) is 36.9 Å². The van der Waals surface area contributed by atoms with Crippen LogP contribution >= 0.6 is 0 Å². The minimum absolute atomic E-state index is 0.300. The Morgan fingerprint density at radius 1 is 1.36 bits per heavy atom. The van der Waals surface area contributed by atoms with Crippen molar-refractivity contribution in [3.63, 3.8) is 0 Å². The molecular formula is C17H26N4O. The zero-order chi connectivity index (χ0) is 15.5. The second-order valence-corrected chi connectivity index (χ2v) is 6.46. The molecule has 0 unspecified atom stereocenters. The Kier molecular flexibility index (Phi) is 4.62. The van der Waals surface area contributed by atoms with Crippen molar-refractivity contribution in [3.8, 4) is 0 Å². The minimum Gasteiger partial charge on any atom is -0.337 e. The van der Waals surface area contributed by atoms with Crippen LogP contribution < -0.4 is 0 Å². The van der Waals surface area contributed by atoms with Gasteiger partial charge in [-0.25, -0.2) is 0 Å². The van der Waals surface area contributed by atoms with Crippen LogP contribution in [-0.4, -0.2) is 51.2 Å². The number of amides is 1. The number of nitrogens with zero attached hydrogens (tertiary/aromatic N) is 4. The van der Waals surface area contributed by atoms with Gasteiger partial charge in [0.05, 0.1) is 19.3 Å². The molecule has 2 aliphatic rings. The Balaban J connectivity index is 1.58. The van der Waals surface area contributed by atoms with Crippen molar-refractivity contribution in [2.45, 2.75) is 51.7 Å². The average Bonchev–Trinajstić information content (AvgIpc) is 3.13. The normalized spacial score (nSPS) is 20.8. The highest BCUT2D eigenvalue weighted by molar-refractivity contribution is 5.79. The van der Waals surface area contributed by atoms with Gasteiger partial charge in [-0.3, -0.25) is 14.4 Å². The predicted octanol–water partition coefficient (Wildman–Crippen LogP) is 1.96. The first-order valence-electron chi connectivity index (χ1n) is 8.33. The van der Waals surface area contributed by atoms with Crippen molar-refractivity contribution in [3.05, 3.63) is 30.1 Å². The van der Waals surface area contributed by atoms with E-state index in [1.54, 1.807) is 0 Å². The Morgan fingerprint density at radius 3 is 2.82 bits per heavy atom. The van der Waals surface area contributed by atoms with E-state index in [-0.39, 0.29) is 0 Å². The van der Waals surface area contributed by atoms with Crippen LogP contribution in [0.15, 0.2) is 18.9 Å².